The summed E-state index contributed by atoms with van der Waals surface area (Å²) in [6.45, 7) is -3.02. The van der Waals surface area contributed by atoms with Gasteiger partial charge in [-0.25, -0.2) is 4.79 Å². The molecule has 1 amide bonds. The quantitative estimate of drug-likeness (QED) is 0.787. The minimum Gasteiger partial charge on any atom is -0.451 e. The van der Waals surface area contributed by atoms with E-state index in [9.17, 15) is 18.4 Å². The summed E-state index contributed by atoms with van der Waals surface area (Å²) in [6, 6.07) is 9.13. The van der Waals surface area contributed by atoms with Crippen molar-refractivity contribution in [3.8, 4) is 5.75 Å². The molecule has 1 N–H and O–H groups in total. The molecule has 0 aliphatic carbocycles. The van der Waals surface area contributed by atoms with Crippen LogP contribution in [0, 0.1) is 0 Å². The summed E-state index contributed by atoms with van der Waals surface area (Å²) in [6.07, 6.45) is 1.58. The molecule has 0 atom stereocenters. The Kier molecular flexibility index (Phi) is 5.89. The van der Waals surface area contributed by atoms with E-state index in [1.807, 2.05) is 0 Å². The number of hydrogen-bond acceptors (Lipinski definition) is 4. The lowest BCUT2D eigenvalue weighted by molar-refractivity contribution is -0.133. The van der Waals surface area contributed by atoms with E-state index in [-0.39, 0.29) is 30.5 Å². The van der Waals surface area contributed by atoms with E-state index in [1.165, 1.54) is 17.0 Å². The molecule has 6 nitrogen and oxygen atoms in total. The predicted molar refractivity (Wildman–Crippen MR) is 80.6 cm³/mol. The van der Waals surface area contributed by atoms with Crippen molar-refractivity contribution in [2.45, 2.75) is 13.2 Å². The van der Waals surface area contributed by atoms with Crippen molar-refractivity contribution in [3.05, 3.63) is 53.9 Å². The number of nitrogens with one attached hydrogen (secondary N) is 1. The van der Waals surface area contributed by atoms with Crippen LogP contribution in [0.1, 0.15) is 16.1 Å². The summed E-state index contributed by atoms with van der Waals surface area (Å²) in [4.78, 5) is 27.6. The van der Waals surface area contributed by atoms with E-state index in [2.05, 4.69) is 9.72 Å². The Morgan fingerprint density at radius 1 is 1.21 bits per heavy atom. The average molecular weight is 338 g/mol. The van der Waals surface area contributed by atoms with Crippen molar-refractivity contribution in [1.29, 1.82) is 0 Å². The van der Waals surface area contributed by atoms with Crippen molar-refractivity contribution in [3.63, 3.8) is 0 Å². The number of H-pyrrole nitrogens is 1. The Hall–Kier alpha value is -2.90. The van der Waals surface area contributed by atoms with Gasteiger partial charge in [0.2, 0.25) is 0 Å². The van der Waals surface area contributed by atoms with Crippen molar-refractivity contribution < 1.29 is 27.8 Å². The van der Waals surface area contributed by atoms with Gasteiger partial charge in [0.05, 0.1) is 0 Å². The standard InChI is InChI=1S/C16H16F2N2O4/c1-20(9-11-4-6-12(7-5-11)24-16(17)18)14(21)10-23-15(22)13-3-2-8-19-13/h2-8,16,19H,9-10H2,1H3. The summed E-state index contributed by atoms with van der Waals surface area (Å²) in [5.41, 5.74) is 0.989. The van der Waals surface area contributed by atoms with Crippen LogP contribution < -0.4 is 4.74 Å². The fourth-order valence-electron chi connectivity index (χ4n) is 1.91. The fraction of sp³-hybridized carbons (Fsp3) is 0.250. The second kappa shape index (κ2) is 8.09. The lowest BCUT2D eigenvalue weighted by Crippen LogP contribution is -2.30. The van der Waals surface area contributed by atoms with E-state index in [0.29, 0.717) is 0 Å². The van der Waals surface area contributed by atoms with Gasteiger partial charge in [0.1, 0.15) is 11.4 Å². The number of esters is 1. The van der Waals surface area contributed by atoms with Crippen LogP contribution in [0.3, 0.4) is 0 Å². The number of aromatic amines is 1. The molecule has 0 aliphatic rings. The number of ether oxygens (including phenoxy) is 2. The van der Waals surface area contributed by atoms with Crippen molar-refractivity contribution in [2.24, 2.45) is 0 Å². The highest BCUT2D eigenvalue weighted by Gasteiger charge is 2.14. The monoisotopic (exact) mass is 338 g/mol. The van der Waals surface area contributed by atoms with Gasteiger partial charge in [-0.15, -0.1) is 0 Å². The van der Waals surface area contributed by atoms with Gasteiger partial charge in [0.15, 0.2) is 6.61 Å². The molecule has 0 spiro atoms. The first-order valence-electron chi connectivity index (χ1n) is 7.04. The maximum atomic E-state index is 12.1. The molecule has 0 unspecified atom stereocenters. The Morgan fingerprint density at radius 3 is 2.50 bits per heavy atom. The lowest BCUT2D eigenvalue weighted by atomic mass is 10.2. The lowest BCUT2D eigenvalue weighted by Gasteiger charge is -2.17. The molecular formula is C16H16F2N2O4. The van der Waals surface area contributed by atoms with Crippen LogP contribution >= 0.6 is 0 Å². The smallest absolute Gasteiger partial charge is 0.387 e. The SMILES string of the molecule is CN(Cc1ccc(OC(F)F)cc1)C(=O)COC(=O)c1ccc[nH]1. The number of carbonyl (C=O) groups excluding carboxylic acids is 2. The largest absolute Gasteiger partial charge is 0.451 e. The highest BCUT2D eigenvalue weighted by molar-refractivity contribution is 5.89. The second-order valence-electron chi connectivity index (χ2n) is 4.93. The zero-order valence-corrected chi connectivity index (χ0v) is 12.9. The zero-order chi connectivity index (χ0) is 17.5. The Balaban J connectivity index is 1.81. The number of nitrogens with zero attached hydrogens (tertiary/aromatic N) is 1. The molecule has 1 heterocycles. The van der Waals surface area contributed by atoms with Crippen LogP contribution in [0.5, 0.6) is 5.75 Å². The highest BCUT2D eigenvalue weighted by Crippen LogP contribution is 2.15. The van der Waals surface area contributed by atoms with Gasteiger partial charge in [-0.2, -0.15) is 8.78 Å². The molecule has 8 heteroatoms. The number of hydrogen-bond donors (Lipinski definition) is 1. The minimum absolute atomic E-state index is 0.0441. The summed E-state index contributed by atoms with van der Waals surface area (Å²) in [5.74, 6) is -0.958. The highest BCUT2D eigenvalue weighted by atomic mass is 19.3. The van der Waals surface area contributed by atoms with Gasteiger partial charge in [0.25, 0.3) is 5.91 Å². The molecule has 0 saturated heterocycles. The number of alkyl halides is 2. The molecule has 0 bridgehead atoms. The second-order valence-corrected chi connectivity index (χ2v) is 4.93. The number of aromatic nitrogens is 1. The number of amides is 1. The molecule has 1 aromatic carbocycles. The molecule has 24 heavy (non-hydrogen) atoms. The van der Waals surface area contributed by atoms with E-state index in [0.717, 1.165) is 5.56 Å². The normalized spacial score (nSPS) is 10.5. The maximum absolute atomic E-state index is 12.1. The van der Waals surface area contributed by atoms with E-state index in [1.54, 1.807) is 37.5 Å². The van der Waals surface area contributed by atoms with Crippen LogP contribution in [-0.4, -0.2) is 42.0 Å². The fourth-order valence-corrected chi connectivity index (χ4v) is 1.91. The topological polar surface area (TPSA) is 71.6 Å². The van der Waals surface area contributed by atoms with Gasteiger partial charge in [-0.05, 0) is 29.8 Å². The Bertz CT molecular complexity index is 672. The number of rotatable bonds is 7. The van der Waals surface area contributed by atoms with Crippen molar-refractivity contribution in [1.82, 2.24) is 9.88 Å². The molecule has 2 rings (SSSR count). The summed E-state index contributed by atoms with van der Waals surface area (Å²) in [7, 11) is 1.55. The number of carbonyl (C=O) groups is 2. The Labute approximate surface area is 137 Å². The summed E-state index contributed by atoms with van der Waals surface area (Å²) in [5, 5.41) is 0. The third kappa shape index (κ3) is 5.08. The molecule has 0 radical (unpaired) electrons. The third-order valence-corrected chi connectivity index (χ3v) is 3.14. The van der Waals surface area contributed by atoms with Crippen LogP contribution in [0.15, 0.2) is 42.6 Å². The number of halogens is 2. The first kappa shape index (κ1) is 17.5. The number of benzene rings is 1. The minimum atomic E-state index is -2.88. The maximum Gasteiger partial charge on any atom is 0.387 e. The van der Waals surface area contributed by atoms with E-state index >= 15 is 0 Å². The molecule has 0 aliphatic heterocycles. The van der Waals surface area contributed by atoms with Crippen LogP contribution in [-0.2, 0) is 16.1 Å². The van der Waals surface area contributed by atoms with Gasteiger partial charge >= 0.3 is 12.6 Å². The summed E-state index contributed by atoms with van der Waals surface area (Å²) >= 11 is 0. The Morgan fingerprint density at radius 2 is 1.92 bits per heavy atom. The molecule has 1 aromatic heterocycles. The predicted octanol–water partition coefficient (Wildman–Crippen LogP) is 2.43. The van der Waals surface area contributed by atoms with Gasteiger partial charge in [-0.3, -0.25) is 4.79 Å². The van der Waals surface area contributed by atoms with Gasteiger partial charge in [0, 0.05) is 19.8 Å². The van der Waals surface area contributed by atoms with Crippen molar-refractivity contribution in [2.75, 3.05) is 13.7 Å². The molecular weight excluding hydrogens is 322 g/mol. The van der Waals surface area contributed by atoms with Crippen LogP contribution in [0.4, 0.5) is 8.78 Å². The van der Waals surface area contributed by atoms with E-state index < -0.39 is 12.6 Å². The van der Waals surface area contributed by atoms with Gasteiger partial charge < -0.3 is 19.4 Å². The third-order valence-electron chi connectivity index (χ3n) is 3.14. The average Bonchev–Trinajstić information content (AvgIpc) is 3.08. The zero-order valence-electron chi connectivity index (χ0n) is 12.9. The van der Waals surface area contributed by atoms with Gasteiger partial charge in [-0.1, -0.05) is 12.1 Å². The number of likely N-dealkylation sites (N-methyl/N-ethyl adjacent to an activating group) is 1. The summed E-state index contributed by atoms with van der Waals surface area (Å²) < 4.78 is 33.3. The van der Waals surface area contributed by atoms with Crippen LogP contribution in [0.25, 0.3) is 0 Å². The van der Waals surface area contributed by atoms with E-state index in [4.69, 9.17) is 4.74 Å². The first-order valence-corrected chi connectivity index (χ1v) is 7.04. The molecule has 2 aromatic rings. The molecule has 0 fully saturated rings. The first-order chi connectivity index (χ1) is 11.5. The van der Waals surface area contributed by atoms with Crippen LogP contribution in [0.2, 0.25) is 0 Å². The molecule has 0 saturated carbocycles. The van der Waals surface area contributed by atoms with Crippen molar-refractivity contribution >= 4 is 11.9 Å². The molecule has 128 valence electrons.